The number of halogens is 1. The van der Waals surface area contributed by atoms with E-state index in [1.54, 1.807) is 18.3 Å². The van der Waals surface area contributed by atoms with Gasteiger partial charge < -0.3 is 14.9 Å². The summed E-state index contributed by atoms with van der Waals surface area (Å²) in [5, 5.41) is 9.68. The first-order valence-electron chi connectivity index (χ1n) is 7.36. The molecule has 0 aliphatic carbocycles. The second kappa shape index (κ2) is 6.79. The smallest absolute Gasteiger partial charge is 0.237 e. The lowest BCUT2D eigenvalue weighted by atomic mass is 10.2. The van der Waals surface area contributed by atoms with E-state index in [2.05, 4.69) is 15.0 Å². The average Bonchev–Trinajstić information content (AvgIpc) is 3.00. The lowest BCUT2D eigenvalue weighted by molar-refractivity contribution is 0.287. The highest BCUT2D eigenvalue weighted by Crippen LogP contribution is 2.31. The number of ether oxygens (including phenoxy) is 1. The number of aromatic nitrogens is 3. The summed E-state index contributed by atoms with van der Waals surface area (Å²) in [6.07, 6.45) is 1.75. The van der Waals surface area contributed by atoms with Crippen molar-refractivity contribution in [3.63, 3.8) is 0 Å². The Kier molecular flexibility index (Phi) is 4.55. The minimum atomic E-state index is -0.0369. The van der Waals surface area contributed by atoms with E-state index in [9.17, 15) is 5.26 Å². The number of nitrogen functional groups attached to an aromatic ring is 1. The number of nitriles is 1. The van der Waals surface area contributed by atoms with Crippen molar-refractivity contribution >= 4 is 17.5 Å². The molecule has 0 aromatic carbocycles. The van der Waals surface area contributed by atoms with Crippen LogP contribution in [0.1, 0.15) is 22.4 Å². The third-order valence-electron chi connectivity index (χ3n) is 3.48. The summed E-state index contributed by atoms with van der Waals surface area (Å²) in [5.74, 6) is 0.342. The molecule has 0 radical (unpaired) electrons. The normalized spacial score (nSPS) is 10.5. The number of nitrogens with two attached hydrogens (primary N) is 1. The Morgan fingerprint density at radius 1 is 1.32 bits per heavy atom. The lowest BCUT2D eigenvalue weighted by Crippen LogP contribution is -2.07. The highest BCUT2D eigenvalue weighted by atomic mass is 35.5. The van der Waals surface area contributed by atoms with Crippen molar-refractivity contribution in [2.24, 2.45) is 0 Å². The molecule has 7 nitrogen and oxygen atoms in total. The van der Waals surface area contributed by atoms with Gasteiger partial charge in [-0.25, -0.2) is 4.98 Å². The average molecular weight is 356 g/mol. The third kappa shape index (κ3) is 3.54. The van der Waals surface area contributed by atoms with Gasteiger partial charge in [0.05, 0.1) is 5.69 Å². The molecule has 3 rings (SSSR count). The van der Waals surface area contributed by atoms with Gasteiger partial charge in [-0.05, 0) is 48.7 Å². The predicted molar refractivity (Wildman–Crippen MR) is 91.9 cm³/mol. The molecule has 126 valence electrons. The first kappa shape index (κ1) is 16.7. The van der Waals surface area contributed by atoms with E-state index in [1.807, 2.05) is 26.0 Å². The number of anilines is 1. The minimum absolute atomic E-state index is 0.0369. The van der Waals surface area contributed by atoms with Crippen LogP contribution in [-0.2, 0) is 6.61 Å². The maximum absolute atomic E-state index is 9.51. The van der Waals surface area contributed by atoms with Gasteiger partial charge in [0.2, 0.25) is 11.8 Å². The molecular formula is C17H14ClN5O2. The molecule has 25 heavy (non-hydrogen) atoms. The van der Waals surface area contributed by atoms with Crippen LogP contribution in [0, 0.1) is 25.2 Å². The van der Waals surface area contributed by atoms with Crippen LogP contribution in [0.2, 0.25) is 5.22 Å². The zero-order valence-electron chi connectivity index (χ0n) is 13.6. The van der Waals surface area contributed by atoms with Crippen molar-refractivity contribution in [1.82, 2.24) is 15.0 Å². The summed E-state index contributed by atoms with van der Waals surface area (Å²) in [6, 6.07) is 7.18. The fourth-order valence-electron chi connectivity index (χ4n) is 2.31. The molecule has 0 saturated carbocycles. The maximum atomic E-state index is 9.51. The van der Waals surface area contributed by atoms with E-state index in [1.165, 1.54) is 0 Å². The molecule has 0 spiro atoms. The van der Waals surface area contributed by atoms with Crippen LogP contribution in [0.25, 0.3) is 11.5 Å². The molecule has 0 fully saturated rings. The third-order valence-corrected chi connectivity index (χ3v) is 3.68. The zero-order chi connectivity index (χ0) is 18.0. The molecule has 0 atom stereocenters. The van der Waals surface area contributed by atoms with Crippen molar-refractivity contribution in [3.8, 4) is 23.4 Å². The Labute approximate surface area is 149 Å². The zero-order valence-corrected chi connectivity index (χ0v) is 14.3. The van der Waals surface area contributed by atoms with Crippen LogP contribution in [0.5, 0.6) is 5.88 Å². The molecule has 2 N–H and O–H groups in total. The number of hydrogen-bond donors (Lipinski definition) is 1. The molecule has 8 heteroatoms. The van der Waals surface area contributed by atoms with E-state index in [-0.39, 0.29) is 34.9 Å². The quantitative estimate of drug-likeness (QED) is 0.762. The molecule has 3 aromatic heterocycles. The maximum Gasteiger partial charge on any atom is 0.237 e. The molecule has 3 heterocycles. The van der Waals surface area contributed by atoms with Gasteiger partial charge in [-0.1, -0.05) is 6.07 Å². The molecule has 0 aliphatic rings. The summed E-state index contributed by atoms with van der Waals surface area (Å²) in [4.78, 5) is 12.4. The number of pyridine rings is 1. The van der Waals surface area contributed by atoms with Crippen LogP contribution < -0.4 is 10.5 Å². The molecule has 0 amide bonds. The van der Waals surface area contributed by atoms with E-state index in [0.717, 1.165) is 16.8 Å². The molecule has 0 saturated heterocycles. The summed E-state index contributed by atoms with van der Waals surface area (Å²) >= 11 is 5.79. The molecular weight excluding hydrogens is 342 g/mol. The van der Waals surface area contributed by atoms with Gasteiger partial charge in [-0.15, -0.1) is 0 Å². The van der Waals surface area contributed by atoms with E-state index in [0.29, 0.717) is 5.76 Å². The van der Waals surface area contributed by atoms with Crippen LogP contribution in [0.3, 0.4) is 0 Å². The van der Waals surface area contributed by atoms with E-state index in [4.69, 9.17) is 26.5 Å². The van der Waals surface area contributed by atoms with Gasteiger partial charge in [-0.3, -0.25) is 4.98 Å². The van der Waals surface area contributed by atoms with Gasteiger partial charge in [-0.2, -0.15) is 10.2 Å². The van der Waals surface area contributed by atoms with E-state index >= 15 is 0 Å². The van der Waals surface area contributed by atoms with Crippen molar-refractivity contribution in [2.45, 2.75) is 20.5 Å². The summed E-state index contributed by atoms with van der Waals surface area (Å²) in [6.45, 7) is 4.05. The van der Waals surface area contributed by atoms with Gasteiger partial charge in [0.25, 0.3) is 0 Å². The second-order valence-electron chi connectivity index (χ2n) is 5.39. The Hall–Kier alpha value is -3.11. The fraction of sp³-hybridized carbons (Fsp3) is 0.176. The topological polar surface area (TPSA) is 111 Å². The SMILES string of the molecule is Cc1cnc(COc2nc(N)nc(-c3ccc(Cl)o3)c2C#N)c(C)c1. The Morgan fingerprint density at radius 3 is 2.76 bits per heavy atom. The number of rotatable bonds is 4. The van der Waals surface area contributed by atoms with Crippen molar-refractivity contribution in [1.29, 1.82) is 5.26 Å². The number of nitrogens with zero attached hydrogens (tertiary/aromatic N) is 4. The van der Waals surface area contributed by atoms with Crippen LogP contribution in [-0.4, -0.2) is 15.0 Å². The highest BCUT2D eigenvalue weighted by molar-refractivity contribution is 6.29. The number of furan rings is 1. The monoisotopic (exact) mass is 355 g/mol. The van der Waals surface area contributed by atoms with Crippen LogP contribution in [0.15, 0.2) is 28.8 Å². The minimum Gasteiger partial charge on any atom is -0.470 e. The predicted octanol–water partition coefficient (Wildman–Crippen LogP) is 3.43. The van der Waals surface area contributed by atoms with Crippen LogP contribution in [0.4, 0.5) is 5.95 Å². The Morgan fingerprint density at radius 2 is 2.12 bits per heavy atom. The fourth-order valence-corrected chi connectivity index (χ4v) is 2.46. The summed E-state index contributed by atoms with van der Waals surface area (Å²) < 4.78 is 11.0. The largest absolute Gasteiger partial charge is 0.470 e. The van der Waals surface area contributed by atoms with Gasteiger partial charge >= 0.3 is 0 Å². The molecule has 0 unspecified atom stereocenters. The molecule has 0 aliphatic heterocycles. The molecule has 3 aromatic rings. The highest BCUT2D eigenvalue weighted by Gasteiger charge is 2.19. The number of aryl methyl sites for hydroxylation is 2. The van der Waals surface area contributed by atoms with Gasteiger partial charge in [0.15, 0.2) is 11.0 Å². The first-order valence-corrected chi connectivity index (χ1v) is 7.74. The van der Waals surface area contributed by atoms with Crippen molar-refractivity contribution in [2.75, 3.05) is 5.73 Å². The van der Waals surface area contributed by atoms with Crippen molar-refractivity contribution < 1.29 is 9.15 Å². The van der Waals surface area contributed by atoms with Gasteiger partial charge in [0, 0.05) is 6.20 Å². The van der Waals surface area contributed by atoms with Crippen molar-refractivity contribution in [3.05, 3.63) is 52.0 Å². The Balaban J connectivity index is 1.96. The standard InChI is InChI=1S/C17H14ClN5O2/c1-9-5-10(2)12(21-7-9)8-24-16-11(6-19)15(22-17(20)23-16)13-3-4-14(18)25-13/h3-5,7H,8H2,1-2H3,(H2,20,22,23). The number of hydrogen-bond acceptors (Lipinski definition) is 7. The first-order chi connectivity index (χ1) is 12.0. The summed E-state index contributed by atoms with van der Waals surface area (Å²) in [5.41, 5.74) is 8.87. The van der Waals surface area contributed by atoms with Crippen LogP contribution >= 0.6 is 11.6 Å². The summed E-state index contributed by atoms with van der Waals surface area (Å²) in [7, 11) is 0. The molecule has 0 bridgehead atoms. The second-order valence-corrected chi connectivity index (χ2v) is 5.76. The Bertz CT molecular complexity index is 978. The van der Waals surface area contributed by atoms with Gasteiger partial charge in [0.1, 0.15) is 23.9 Å². The van der Waals surface area contributed by atoms with E-state index < -0.39 is 0 Å². The lowest BCUT2D eigenvalue weighted by Gasteiger charge is -2.11.